The molecule has 0 aliphatic carbocycles. The van der Waals surface area contributed by atoms with Crippen LogP contribution in [-0.2, 0) is 0 Å². The Morgan fingerprint density at radius 1 is 0.322 bits per heavy atom. The Balaban J connectivity index is 1.07. The zero-order valence-electron chi connectivity index (χ0n) is 32.0. The van der Waals surface area contributed by atoms with Gasteiger partial charge in [0.1, 0.15) is 11.2 Å². The molecule has 59 heavy (non-hydrogen) atoms. The van der Waals surface area contributed by atoms with E-state index in [9.17, 15) is 0 Å². The molecule has 0 aliphatic rings. The third-order valence-corrected chi connectivity index (χ3v) is 13.2. The van der Waals surface area contributed by atoms with Crippen molar-refractivity contribution in [2.75, 3.05) is 4.90 Å². The van der Waals surface area contributed by atoms with E-state index in [-0.39, 0.29) is 0 Å². The van der Waals surface area contributed by atoms with E-state index < -0.39 is 0 Å². The van der Waals surface area contributed by atoms with Crippen LogP contribution < -0.4 is 4.90 Å². The first-order chi connectivity index (χ1) is 29.3. The number of hydrogen-bond acceptors (Lipinski definition) is 3. The lowest BCUT2D eigenvalue weighted by atomic mass is 9.93. The first-order valence-corrected chi connectivity index (χ1v) is 20.9. The van der Waals surface area contributed by atoms with Crippen molar-refractivity contribution in [3.63, 3.8) is 0 Å². The molecule has 0 spiro atoms. The number of rotatable bonds is 6. The second kappa shape index (κ2) is 13.6. The Hall–Kier alpha value is -7.46. The van der Waals surface area contributed by atoms with Crippen LogP contribution in [0.2, 0.25) is 0 Å². The highest BCUT2D eigenvalue weighted by Gasteiger charge is 2.22. The molecule has 0 saturated heterocycles. The summed E-state index contributed by atoms with van der Waals surface area (Å²) in [6, 6.07) is 77.0. The molecular formula is C56H35NOS. The number of furan rings is 1. The van der Waals surface area contributed by atoms with E-state index in [4.69, 9.17) is 4.42 Å². The van der Waals surface area contributed by atoms with Gasteiger partial charge in [-0.05, 0) is 92.0 Å². The summed E-state index contributed by atoms with van der Waals surface area (Å²) in [5, 5.41) is 9.73. The highest BCUT2D eigenvalue weighted by Crippen LogP contribution is 2.49. The fourth-order valence-corrected chi connectivity index (χ4v) is 10.5. The van der Waals surface area contributed by atoms with Crippen molar-refractivity contribution in [3.05, 3.63) is 212 Å². The van der Waals surface area contributed by atoms with E-state index in [0.29, 0.717) is 0 Å². The van der Waals surface area contributed by atoms with Crippen LogP contribution in [0.15, 0.2) is 217 Å². The van der Waals surface area contributed by atoms with Gasteiger partial charge in [-0.3, -0.25) is 0 Å². The van der Waals surface area contributed by atoms with Crippen molar-refractivity contribution in [1.82, 2.24) is 0 Å². The fourth-order valence-electron chi connectivity index (χ4n) is 9.12. The van der Waals surface area contributed by atoms with E-state index in [1.807, 2.05) is 23.5 Å². The summed E-state index contributed by atoms with van der Waals surface area (Å²) in [5.41, 5.74) is 12.5. The van der Waals surface area contributed by atoms with Gasteiger partial charge < -0.3 is 9.32 Å². The predicted molar refractivity (Wildman–Crippen MR) is 253 cm³/mol. The van der Waals surface area contributed by atoms with Crippen molar-refractivity contribution in [1.29, 1.82) is 0 Å². The van der Waals surface area contributed by atoms with Crippen molar-refractivity contribution in [2.45, 2.75) is 0 Å². The zero-order chi connectivity index (χ0) is 38.9. The summed E-state index contributed by atoms with van der Waals surface area (Å²) in [4.78, 5) is 2.48. The van der Waals surface area contributed by atoms with Gasteiger partial charge in [0.05, 0.1) is 16.1 Å². The maximum Gasteiger partial charge on any atom is 0.135 e. The number of thiophene rings is 1. The Kier molecular flexibility index (Phi) is 7.75. The van der Waals surface area contributed by atoms with Crippen LogP contribution in [0.25, 0.3) is 97.0 Å². The molecule has 0 bridgehead atoms. The molecule has 0 fully saturated rings. The molecule has 2 nitrogen and oxygen atoms in total. The lowest BCUT2D eigenvalue weighted by Crippen LogP contribution is -2.11. The Labute approximate surface area is 345 Å². The standard InChI is InChI=1S/C56H35NOS/c1-2-13-38(14-3-1)42-21-11-23-48-49-24-12-25-52(56(49)59-55(42)48)57(40-30-27-36(28-31-40)39-29-34-54-50(35-39)47-20-8-9-26-53(47)58-54)51-33-32-45(44-18-6-7-19-46(44)51)43-22-10-16-37-15-4-5-17-41(37)43/h1-35H. The Morgan fingerprint density at radius 3 is 1.80 bits per heavy atom. The molecule has 0 unspecified atom stereocenters. The van der Waals surface area contributed by atoms with Crippen LogP contribution in [-0.4, -0.2) is 0 Å². The van der Waals surface area contributed by atoms with E-state index in [0.717, 1.165) is 50.1 Å². The molecule has 0 amide bonds. The summed E-state index contributed by atoms with van der Waals surface area (Å²) >= 11 is 1.89. The monoisotopic (exact) mass is 769 g/mol. The van der Waals surface area contributed by atoms with E-state index in [2.05, 4.69) is 205 Å². The van der Waals surface area contributed by atoms with E-state index in [1.54, 1.807) is 0 Å². The van der Waals surface area contributed by atoms with Crippen molar-refractivity contribution in [3.8, 4) is 33.4 Å². The number of hydrogen-bond donors (Lipinski definition) is 0. The molecule has 12 rings (SSSR count). The third-order valence-electron chi connectivity index (χ3n) is 11.9. The van der Waals surface area contributed by atoms with Gasteiger partial charge in [0, 0.05) is 37.3 Å². The maximum atomic E-state index is 6.17. The molecule has 276 valence electrons. The predicted octanol–water partition coefficient (Wildman–Crippen LogP) is 16.7. The van der Waals surface area contributed by atoms with Crippen LogP contribution in [0, 0.1) is 0 Å². The molecule has 0 radical (unpaired) electrons. The highest BCUT2D eigenvalue weighted by atomic mass is 32.1. The smallest absolute Gasteiger partial charge is 0.135 e. The molecular weight excluding hydrogens is 735 g/mol. The largest absolute Gasteiger partial charge is 0.456 e. The van der Waals surface area contributed by atoms with Gasteiger partial charge in [-0.2, -0.15) is 0 Å². The average Bonchev–Trinajstić information content (AvgIpc) is 3.88. The van der Waals surface area contributed by atoms with Gasteiger partial charge in [-0.25, -0.2) is 0 Å². The van der Waals surface area contributed by atoms with Crippen molar-refractivity contribution >= 4 is 92.1 Å². The lowest BCUT2D eigenvalue weighted by molar-refractivity contribution is 0.669. The van der Waals surface area contributed by atoms with Gasteiger partial charge in [0.15, 0.2) is 0 Å². The first-order valence-electron chi connectivity index (χ1n) is 20.1. The molecule has 12 aromatic rings. The maximum absolute atomic E-state index is 6.17. The second-order valence-electron chi connectivity index (χ2n) is 15.2. The Morgan fingerprint density at radius 2 is 0.932 bits per heavy atom. The minimum atomic E-state index is 0.906. The van der Waals surface area contributed by atoms with Gasteiger partial charge in [-0.1, -0.05) is 170 Å². The topological polar surface area (TPSA) is 16.4 Å². The molecule has 0 saturated carbocycles. The SMILES string of the molecule is c1ccc(-c2cccc3c2sc2c(N(c4ccc(-c5ccc6oc7ccccc7c6c5)cc4)c4ccc(-c5cccc6ccccc56)c5ccccc45)cccc23)cc1. The van der Waals surface area contributed by atoms with Gasteiger partial charge in [0.25, 0.3) is 0 Å². The molecule has 3 heteroatoms. The summed E-state index contributed by atoms with van der Waals surface area (Å²) in [6.45, 7) is 0. The van der Waals surface area contributed by atoms with Crippen molar-refractivity contribution < 1.29 is 4.42 Å². The van der Waals surface area contributed by atoms with Crippen molar-refractivity contribution in [2.24, 2.45) is 0 Å². The fraction of sp³-hybridized carbons (Fsp3) is 0. The van der Waals surface area contributed by atoms with Crippen LogP contribution >= 0.6 is 11.3 Å². The molecule has 2 heterocycles. The first kappa shape index (κ1) is 33.7. The summed E-state index contributed by atoms with van der Waals surface area (Å²) in [6.07, 6.45) is 0. The third kappa shape index (κ3) is 5.47. The summed E-state index contributed by atoms with van der Waals surface area (Å²) in [5.74, 6) is 0. The number of anilines is 3. The van der Waals surface area contributed by atoms with Crippen LogP contribution in [0.4, 0.5) is 17.1 Å². The quantitative estimate of drug-likeness (QED) is 0.167. The lowest BCUT2D eigenvalue weighted by Gasteiger charge is -2.28. The average molecular weight is 770 g/mol. The van der Waals surface area contributed by atoms with Crippen LogP contribution in [0.5, 0.6) is 0 Å². The number of para-hydroxylation sites is 1. The van der Waals surface area contributed by atoms with Gasteiger partial charge in [0.2, 0.25) is 0 Å². The number of fused-ring (bicyclic) bond motifs is 8. The molecule has 0 N–H and O–H groups in total. The normalized spacial score (nSPS) is 11.7. The van der Waals surface area contributed by atoms with E-state index in [1.165, 1.54) is 64.0 Å². The minimum absolute atomic E-state index is 0.906. The molecule has 0 aliphatic heterocycles. The zero-order valence-corrected chi connectivity index (χ0v) is 32.8. The molecule has 10 aromatic carbocycles. The number of benzene rings is 10. The van der Waals surface area contributed by atoms with E-state index >= 15 is 0 Å². The highest BCUT2D eigenvalue weighted by molar-refractivity contribution is 7.27. The van der Waals surface area contributed by atoms with Crippen LogP contribution in [0.3, 0.4) is 0 Å². The Bertz CT molecular complexity index is 3550. The molecule has 2 aromatic heterocycles. The van der Waals surface area contributed by atoms with Crippen LogP contribution in [0.1, 0.15) is 0 Å². The van der Waals surface area contributed by atoms with Gasteiger partial charge in [-0.15, -0.1) is 11.3 Å². The number of nitrogens with zero attached hydrogens (tertiary/aromatic N) is 1. The molecule has 0 atom stereocenters. The summed E-state index contributed by atoms with van der Waals surface area (Å²) < 4.78 is 8.73. The summed E-state index contributed by atoms with van der Waals surface area (Å²) in [7, 11) is 0. The minimum Gasteiger partial charge on any atom is -0.456 e. The second-order valence-corrected chi connectivity index (χ2v) is 16.2. The van der Waals surface area contributed by atoms with Gasteiger partial charge >= 0.3 is 0 Å².